The van der Waals surface area contributed by atoms with Crippen molar-refractivity contribution in [3.05, 3.63) is 59.7 Å². The number of ether oxygens (including phenoxy) is 1. The van der Waals surface area contributed by atoms with Crippen LogP contribution in [0.5, 0.6) is 0 Å². The van der Waals surface area contributed by atoms with Gasteiger partial charge in [0, 0.05) is 37.1 Å². The van der Waals surface area contributed by atoms with Gasteiger partial charge in [-0.15, -0.1) is 0 Å². The van der Waals surface area contributed by atoms with Crippen molar-refractivity contribution in [2.45, 2.75) is 98.8 Å². The summed E-state index contributed by atoms with van der Waals surface area (Å²) in [7, 11) is 1.71. The van der Waals surface area contributed by atoms with E-state index in [1.165, 1.54) is 5.69 Å². The molecule has 1 saturated carbocycles. The number of rotatable bonds is 13. The second-order valence-electron chi connectivity index (χ2n) is 12.1. The molecule has 0 aromatic heterocycles. The van der Waals surface area contributed by atoms with Gasteiger partial charge < -0.3 is 14.7 Å². The van der Waals surface area contributed by atoms with Gasteiger partial charge in [0.1, 0.15) is 11.9 Å². The van der Waals surface area contributed by atoms with Crippen LogP contribution in [0.3, 0.4) is 0 Å². The van der Waals surface area contributed by atoms with Crippen LogP contribution in [0.15, 0.2) is 53.5 Å². The quantitative estimate of drug-likeness (QED) is 0.118. The van der Waals surface area contributed by atoms with E-state index in [0.29, 0.717) is 23.6 Å². The Hall–Kier alpha value is -2.86. The van der Waals surface area contributed by atoms with E-state index in [9.17, 15) is 9.90 Å². The number of para-hydroxylation sites is 1. The first kappa shape index (κ1) is 32.7. The molecule has 0 radical (unpaired) electrons. The zero-order valence-electron chi connectivity index (χ0n) is 26.5. The molecular formula is C35H53N3O3. The number of hydrogen-bond acceptors (Lipinski definition) is 5. The fourth-order valence-electron chi connectivity index (χ4n) is 6.03. The number of aliphatic hydroxyl groups excluding tert-OH is 1. The number of carbonyl (C=O) groups excluding carboxylic acids is 1. The molecule has 226 valence electrons. The lowest BCUT2D eigenvalue weighted by molar-refractivity contribution is -0.165. The maximum atomic E-state index is 13.6. The van der Waals surface area contributed by atoms with E-state index in [2.05, 4.69) is 56.6 Å². The number of benzene rings is 2. The van der Waals surface area contributed by atoms with Crippen molar-refractivity contribution in [3.63, 3.8) is 0 Å². The summed E-state index contributed by atoms with van der Waals surface area (Å²) in [5.41, 5.74) is 3.68. The Kier molecular flexibility index (Phi) is 12.7. The Labute approximate surface area is 248 Å². The molecule has 0 saturated heterocycles. The molecule has 6 nitrogen and oxygen atoms in total. The van der Waals surface area contributed by atoms with E-state index < -0.39 is 12.2 Å². The zero-order chi connectivity index (χ0) is 29.9. The van der Waals surface area contributed by atoms with Crippen LogP contribution >= 0.6 is 0 Å². The van der Waals surface area contributed by atoms with E-state index >= 15 is 0 Å². The van der Waals surface area contributed by atoms with Crippen LogP contribution in [0.2, 0.25) is 0 Å². The Balaban J connectivity index is 1.93. The average molecular weight is 564 g/mol. The van der Waals surface area contributed by atoms with Crippen molar-refractivity contribution >= 4 is 23.2 Å². The molecule has 3 rings (SSSR count). The van der Waals surface area contributed by atoms with Gasteiger partial charge in [-0.2, -0.15) is 0 Å². The zero-order valence-corrected chi connectivity index (χ0v) is 26.5. The molecule has 1 fully saturated rings. The predicted molar refractivity (Wildman–Crippen MR) is 172 cm³/mol. The van der Waals surface area contributed by atoms with Gasteiger partial charge in [-0.05, 0) is 86.3 Å². The third-order valence-corrected chi connectivity index (χ3v) is 8.55. The number of aliphatic imine (C=N–C) groups is 1. The summed E-state index contributed by atoms with van der Waals surface area (Å²) in [6.45, 7) is 15.1. The summed E-state index contributed by atoms with van der Waals surface area (Å²) < 4.78 is 6.10. The molecule has 1 N–H and O–H groups in total. The SMILES string of the molecule is CCCCN(CCCC)c1ccc(C(=NC)N(c2ccccc2C)[C@H](O)C(=O)O[C@@H]2C[C@H](C)CC[C@H]2C(C)C)cc1. The number of anilines is 2. The van der Waals surface area contributed by atoms with Gasteiger partial charge >= 0.3 is 5.97 Å². The third kappa shape index (κ3) is 8.57. The van der Waals surface area contributed by atoms with E-state index in [4.69, 9.17) is 4.74 Å². The van der Waals surface area contributed by atoms with Crippen molar-refractivity contribution in [2.75, 3.05) is 29.9 Å². The van der Waals surface area contributed by atoms with Gasteiger partial charge in [0.2, 0.25) is 6.23 Å². The summed E-state index contributed by atoms with van der Waals surface area (Å²) in [5.74, 6) is 1.10. The lowest BCUT2D eigenvalue weighted by Gasteiger charge is -2.38. The Morgan fingerprint density at radius 2 is 1.66 bits per heavy atom. The fourth-order valence-corrected chi connectivity index (χ4v) is 6.03. The molecule has 6 heteroatoms. The summed E-state index contributed by atoms with van der Waals surface area (Å²) in [4.78, 5) is 22.3. The molecule has 2 aromatic carbocycles. The van der Waals surface area contributed by atoms with Crippen molar-refractivity contribution in [2.24, 2.45) is 22.7 Å². The maximum Gasteiger partial charge on any atom is 0.357 e. The summed E-state index contributed by atoms with van der Waals surface area (Å²) in [6.07, 6.45) is 5.91. The van der Waals surface area contributed by atoms with Crippen molar-refractivity contribution < 1.29 is 14.6 Å². The average Bonchev–Trinajstić information content (AvgIpc) is 2.96. The topological polar surface area (TPSA) is 65.4 Å². The largest absolute Gasteiger partial charge is 0.459 e. The van der Waals surface area contributed by atoms with Crippen molar-refractivity contribution in [3.8, 4) is 0 Å². The third-order valence-electron chi connectivity index (χ3n) is 8.55. The number of esters is 1. The lowest BCUT2D eigenvalue weighted by atomic mass is 9.75. The number of hydrogen-bond donors (Lipinski definition) is 1. The highest BCUT2D eigenvalue weighted by molar-refractivity contribution is 6.12. The van der Waals surface area contributed by atoms with E-state index in [0.717, 1.165) is 74.8 Å². The first-order chi connectivity index (χ1) is 19.7. The highest BCUT2D eigenvalue weighted by Gasteiger charge is 2.37. The second-order valence-corrected chi connectivity index (χ2v) is 12.1. The van der Waals surface area contributed by atoms with E-state index in [1.54, 1.807) is 11.9 Å². The van der Waals surface area contributed by atoms with Gasteiger partial charge in [0.05, 0.1) is 0 Å². The summed E-state index contributed by atoms with van der Waals surface area (Å²) in [6, 6.07) is 16.1. The van der Waals surface area contributed by atoms with Gasteiger partial charge in [-0.25, -0.2) is 4.79 Å². The molecule has 0 heterocycles. The van der Waals surface area contributed by atoms with Crippen LogP contribution in [0.4, 0.5) is 11.4 Å². The molecule has 0 unspecified atom stereocenters. The summed E-state index contributed by atoms with van der Waals surface area (Å²) >= 11 is 0. The van der Waals surface area contributed by atoms with Crippen LogP contribution in [-0.2, 0) is 9.53 Å². The fraction of sp³-hybridized carbons (Fsp3) is 0.600. The molecule has 0 spiro atoms. The molecular weight excluding hydrogens is 510 g/mol. The minimum atomic E-state index is -1.52. The highest BCUT2D eigenvalue weighted by Crippen LogP contribution is 2.36. The number of aliphatic hydroxyl groups is 1. The molecule has 0 amide bonds. The molecule has 2 aromatic rings. The lowest BCUT2D eigenvalue weighted by Crippen LogP contribution is -2.49. The first-order valence-corrected chi connectivity index (χ1v) is 15.8. The number of amidine groups is 1. The first-order valence-electron chi connectivity index (χ1n) is 15.8. The Bertz CT molecular complexity index is 1110. The summed E-state index contributed by atoms with van der Waals surface area (Å²) in [5, 5.41) is 11.6. The molecule has 0 bridgehead atoms. The normalized spacial score (nSPS) is 20.1. The van der Waals surface area contributed by atoms with Gasteiger partial charge in [-0.3, -0.25) is 9.89 Å². The Morgan fingerprint density at radius 3 is 2.22 bits per heavy atom. The van der Waals surface area contributed by atoms with Crippen molar-refractivity contribution in [1.29, 1.82) is 0 Å². The standard InChI is InChI=1S/C35H53N3O3/c1-8-10-22-37(23-11-9-2)29-19-17-28(18-20-29)33(36-7)38(31-15-13-12-14-27(31)6)34(39)35(40)41-32-24-26(5)16-21-30(32)25(3)4/h12-15,17-20,25-26,30,32,34,39H,8-11,16,21-24H2,1-7H3/t26-,30+,32-,34-/m1/s1. The maximum absolute atomic E-state index is 13.6. The molecule has 41 heavy (non-hydrogen) atoms. The van der Waals surface area contributed by atoms with Gasteiger partial charge in [0.25, 0.3) is 0 Å². The minimum Gasteiger partial charge on any atom is -0.459 e. The molecule has 1 aliphatic rings. The van der Waals surface area contributed by atoms with Crippen LogP contribution < -0.4 is 9.80 Å². The second kappa shape index (κ2) is 16.0. The van der Waals surface area contributed by atoms with Crippen LogP contribution in [0.1, 0.15) is 90.7 Å². The van der Waals surface area contributed by atoms with E-state index in [1.807, 2.05) is 43.3 Å². The van der Waals surface area contributed by atoms with Crippen LogP contribution in [0.25, 0.3) is 0 Å². The molecule has 0 aliphatic heterocycles. The van der Waals surface area contributed by atoms with Crippen LogP contribution in [-0.4, -0.2) is 49.4 Å². The predicted octanol–water partition coefficient (Wildman–Crippen LogP) is 7.61. The highest BCUT2D eigenvalue weighted by atomic mass is 16.6. The van der Waals surface area contributed by atoms with E-state index in [-0.39, 0.29) is 6.10 Å². The van der Waals surface area contributed by atoms with Gasteiger partial charge in [-0.1, -0.05) is 72.1 Å². The van der Waals surface area contributed by atoms with Crippen molar-refractivity contribution in [1.82, 2.24) is 0 Å². The monoisotopic (exact) mass is 563 g/mol. The van der Waals surface area contributed by atoms with Gasteiger partial charge in [0.15, 0.2) is 0 Å². The smallest absolute Gasteiger partial charge is 0.357 e. The number of aryl methyl sites for hydroxylation is 1. The minimum absolute atomic E-state index is 0.196. The number of carbonyl (C=O) groups is 1. The molecule has 4 atom stereocenters. The molecule has 1 aliphatic carbocycles. The van der Waals surface area contributed by atoms with Crippen LogP contribution in [0, 0.1) is 24.7 Å². The number of nitrogens with zero attached hydrogens (tertiary/aromatic N) is 3. The number of unbranched alkanes of at least 4 members (excludes halogenated alkanes) is 2. The Morgan fingerprint density at radius 1 is 1.02 bits per heavy atom.